The molecule has 1 amide bonds. The van der Waals surface area contributed by atoms with Crippen molar-refractivity contribution in [3.05, 3.63) is 33.1 Å². The number of carbonyl (C=O) groups is 1. The molecule has 1 fully saturated rings. The molecule has 0 saturated carbocycles. The van der Waals surface area contributed by atoms with Crippen molar-refractivity contribution < 1.29 is 29.6 Å². The Kier molecular flexibility index (Phi) is 6.89. The van der Waals surface area contributed by atoms with E-state index in [0.29, 0.717) is 6.61 Å². The molecule has 1 saturated heterocycles. The molecular formula is C14H19N3O8. The van der Waals surface area contributed by atoms with Crippen molar-refractivity contribution in [3.63, 3.8) is 0 Å². The van der Waals surface area contributed by atoms with Crippen LogP contribution in [0.25, 0.3) is 0 Å². The van der Waals surface area contributed by atoms with Crippen molar-refractivity contribution in [3.8, 4) is 12.3 Å². The molecule has 2 rings (SSSR count). The Morgan fingerprint density at radius 3 is 2.56 bits per heavy atom. The van der Waals surface area contributed by atoms with Gasteiger partial charge in [-0.1, -0.05) is 0 Å². The predicted molar refractivity (Wildman–Crippen MR) is 83.3 cm³/mol. The highest BCUT2D eigenvalue weighted by molar-refractivity contribution is 5.64. The third-order valence-corrected chi connectivity index (χ3v) is 3.29. The minimum atomic E-state index is -1.98. The maximum absolute atomic E-state index is 11.7. The van der Waals surface area contributed by atoms with E-state index in [1.165, 1.54) is 0 Å². The first-order valence-corrected chi connectivity index (χ1v) is 7.10. The van der Waals surface area contributed by atoms with Crippen molar-refractivity contribution in [2.45, 2.75) is 31.0 Å². The van der Waals surface area contributed by atoms with E-state index < -0.39 is 48.0 Å². The molecule has 0 spiro atoms. The van der Waals surface area contributed by atoms with Gasteiger partial charge in [-0.2, -0.15) is 0 Å². The van der Waals surface area contributed by atoms with E-state index in [2.05, 4.69) is 16.4 Å². The minimum Gasteiger partial charge on any atom is -0.450 e. The van der Waals surface area contributed by atoms with Gasteiger partial charge in [-0.15, -0.1) is 6.42 Å². The van der Waals surface area contributed by atoms with Crippen molar-refractivity contribution in [2.24, 2.45) is 5.73 Å². The van der Waals surface area contributed by atoms with Crippen LogP contribution in [0.3, 0.4) is 0 Å². The average molecular weight is 357 g/mol. The third-order valence-electron chi connectivity index (χ3n) is 3.29. The lowest BCUT2D eigenvalue weighted by Crippen LogP contribution is -2.50. The summed E-state index contributed by atoms with van der Waals surface area (Å²) in [6.07, 6.45) is 1.42. The van der Waals surface area contributed by atoms with Crippen LogP contribution >= 0.6 is 0 Å². The van der Waals surface area contributed by atoms with Gasteiger partial charge in [0.05, 0.1) is 13.2 Å². The fraction of sp³-hybridized carbons (Fsp3) is 0.500. The van der Waals surface area contributed by atoms with E-state index >= 15 is 0 Å². The average Bonchev–Trinajstić information content (AvgIpc) is 2.80. The molecule has 1 aliphatic heterocycles. The molecule has 138 valence electrons. The lowest BCUT2D eigenvalue weighted by molar-refractivity contribution is -0.107. The van der Waals surface area contributed by atoms with Gasteiger partial charge in [-0.25, -0.2) is 9.59 Å². The number of nitrogens with two attached hydrogens (primary N) is 1. The molecule has 4 atom stereocenters. The van der Waals surface area contributed by atoms with Gasteiger partial charge in [-0.3, -0.25) is 14.3 Å². The number of aromatic amines is 1. The predicted octanol–water partition coefficient (Wildman–Crippen LogP) is -2.96. The number of ether oxygens (including phenoxy) is 2. The number of terminal acetylenes is 1. The number of nitrogens with zero attached hydrogens (tertiary/aromatic N) is 1. The first kappa shape index (κ1) is 20.4. The molecule has 1 aliphatic rings. The molecule has 0 radical (unpaired) electrons. The summed E-state index contributed by atoms with van der Waals surface area (Å²) in [5.41, 5.74) is 1.03. The van der Waals surface area contributed by atoms with E-state index in [1.54, 1.807) is 6.92 Å². The van der Waals surface area contributed by atoms with Crippen LogP contribution in [-0.2, 0) is 15.2 Å². The summed E-state index contributed by atoms with van der Waals surface area (Å²) >= 11 is 0. The summed E-state index contributed by atoms with van der Waals surface area (Å²) < 4.78 is 10.2. The van der Waals surface area contributed by atoms with Crippen LogP contribution in [-0.4, -0.2) is 62.5 Å². The van der Waals surface area contributed by atoms with Crippen molar-refractivity contribution in [2.75, 3.05) is 13.2 Å². The highest BCUT2D eigenvalue weighted by atomic mass is 16.6. The van der Waals surface area contributed by atoms with Gasteiger partial charge in [-0.05, 0) is 12.8 Å². The van der Waals surface area contributed by atoms with Gasteiger partial charge in [0.25, 0.3) is 5.56 Å². The van der Waals surface area contributed by atoms with Crippen molar-refractivity contribution in [1.82, 2.24) is 9.55 Å². The second-order valence-electron chi connectivity index (χ2n) is 4.85. The Bertz CT molecular complexity index is 751. The first-order chi connectivity index (χ1) is 11.7. The van der Waals surface area contributed by atoms with Crippen LogP contribution in [0.1, 0.15) is 6.92 Å². The molecule has 0 aliphatic carbocycles. The van der Waals surface area contributed by atoms with Crippen LogP contribution < -0.4 is 17.0 Å². The van der Waals surface area contributed by atoms with E-state index in [-0.39, 0.29) is 0 Å². The van der Waals surface area contributed by atoms with Crippen LogP contribution in [0.2, 0.25) is 0 Å². The zero-order valence-electron chi connectivity index (χ0n) is 13.3. The molecule has 0 unspecified atom stereocenters. The number of nitrogens with one attached hydrogen (secondary N) is 1. The fourth-order valence-electron chi connectivity index (χ4n) is 2.16. The summed E-state index contributed by atoms with van der Waals surface area (Å²) in [6.45, 7) is 1.47. The summed E-state index contributed by atoms with van der Waals surface area (Å²) in [5, 5.41) is 28.7. The van der Waals surface area contributed by atoms with Gasteiger partial charge in [0, 0.05) is 12.3 Å². The highest BCUT2D eigenvalue weighted by Crippen LogP contribution is 2.33. The number of aromatic nitrogens is 2. The van der Waals surface area contributed by atoms with E-state index in [9.17, 15) is 24.6 Å². The number of primary amides is 1. The number of carbonyl (C=O) groups excluding carboxylic acids is 1. The topological polar surface area (TPSA) is 177 Å². The molecule has 11 heteroatoms. The van der Waals surface area contributed by atoms with Crippen LogP contribution in [0.5, 0.6) is 0 Å². The van der Waals surface area contributed by atoms with Gasteiger partial charge in [0.2, 0.25) is 5.72 Å². The number of rotatable bonds is 3. The van der Waals surface area contributed by atoms with Gasteiger partial charge >= 0.3 is 11.8 Å². The molecule has 1 aromatic heterocycles. The highest BCUT2D eigenvalue weighted by Gasteiger charge is 2.55. The molecule has 11 nitrogen and oxygen atoms in total. The summed E-state index contributed by atoms with van der Waals surface area (Å²) in [7, 11) is 0. The quantitative estimate of drug-likeness (QED) is 0.356. The van der Waals surface area contributed by atoms with Crippen molar-refractivity contribution in [1.29, 1.82) is 0 Å². The SMILES string of the molecule is C#C[C@@]1(n2ccc(=O)[nH]c2=O)O[C@H](CO)[C@@H](O)[C@H]1O.CCOC(N)=O. The Morgan fingerprint density at radius 2 is 2.20 bits per heavy atom. The number of H-pyrrole nitrogens is 1. The third kappa shape index (κ3) is 4.25. The molecule has 25 heavy (non-hydrogen) atoms. The Hall–Kier alpha value is -2.65. The standard InChI is InChI=1S/C11H12N2O6.C3H7NO2/c1-2-11(9(17)8(16)6(5-14)19-11)13-4-3-7(15)12-10(13)18;1-2-6-3(4)5/h1,3-4,6,8-9,14,16-17H,5H2,(H,12,15,18);2H2,1H3,(H2,4,5)/t6-,8-,9-,11-;/m1./s1. The molecule has 0 bridgehead atoms. The van der Waals surface area contributed by atoms with E-state index in [4.69, 9.17) is 16.3 Å². The summed E-state index contributed by atoms with van der Waals surface area (Å²) in [4.78, 5) is 34.3. The summed E-state index contributed by atoms with van der Waals surface area (Å²) in [5.74, 6) is 2.10. The molecule has 1 aromatic rings. The van der Waals surface area contributed by atoms with Crippen LogP contribution in [0, 0.1) is 12.3 Å². The van der Waals surface area contributed by atoms with E-state index in [1.807, 2.05) is 4.98 Å². The Labute approximate surface area is 141 Å². The maximum Gasteiger partial charge on any atom is 0.404 e. The molecular weight excluding hydrogens is 338 g/mol. The number of aliphatic hydroxyl groups excluding tert-OH is 3. The zero-order valence-corrected chi connectivity index (χ0v) is 13.3. The number of amides is 1. The smallest absolute Gasteiger partial charge is 0.404 e. The summed E-state index contributed by atoms with van der Waals surface area (Å²) in [6, 6.07) is 1.02. The fourth-order valence-corrected chi connectivity index (χ4v) is 2.16. The largest absolute Gasteiger partial charge is 0.450 e. The minimum absolute atomic E-state index is 0.356. The lowest BCUT2D eigenvalue weighted by atomic mass is 10.0. The van der Waals surface area contributed by atoms with Crippen LogP contribution in [0.15, 0.2) is 21.9 Å². The van der Waals surface area contributed by atoms with Gasteiger partial charge < -0.3 is 30.5 Å². The normalized spacial score (nSPS) is 27.7. The Balaban J connectivity index is 0.000000450. The van der Waals surface area contributed by atoms with Crippen LogP contribution in [0.4, 0.5) is 4.79 Å². The van der Waals surface area contributed by atoms with Gasteiger partial charge in [0.1, 0.15) is 18.3 Å². The second-order valence-corrected chi connectivity index (χ2v) is 4.85. The number of hydrogen-bond acceptors (Lipinski definition) is 8. The second kappa shape index (κ2) is 8.45. The Morgan fingerprint density at radius 1 is 1.56 bits per heavy atom. The molecule has 0 aromatic carbocycles. The van der Waals surface area contributed by atoms with Crippen molar-refractivity contribution >= 4 is 6.09 Å². The lowest BCUT2D eigenvalue weighted by Gasteiger charge is -2.28. The molecule has 2 heterocycles. The monoisotopic (exact) mass is 357 g/mol. The number of aliphatic hydroxyl groups is 3. The zero-order chi connectivity index (χ0) is 19.2. The van der Waals surface area contributed by atoms with Gasteiger partial charge in [0.15, 0.2) is 0 Å². The molecule has 6 N–H and O–H groups in total. The maximum atomic E-state index is 11.7. The first-order valence-electron chi connectivity index (χ1n) is 7.10. The van der Waals surface area contributed by atoms with E-state index in [0.717, 1.165) is 16.8 Å². The number of hydrogen-bond donors (Lipinski definition) is 5.